The van der Waals surface area contributed by atoms with Crippen molar-refractivity contribution in [3.8, 4) is 5.75 Å². The van der Waals surface area contributed by atoms with E-state index < -0.39 is 11.7 Å². The van der Waals surface area contributed by atoms with Crippen LogP contribution in [0.4, 0.5) is 13.2 Å². The number of aliphatic imine (C=N–C) groups is 1. The van der Waals surface area contributed by atoms with Crippen molar-refractivity contribution in [3.63, 3.8) is 0 Å². The summed E-state index contributed by atoms with van der Waals surface area (Å²) in [6.45, 7) is 6.64. The number of aromatic nitrogens is 3. The molecule has 0 saturated carbocycles. The van der Waals surface area contributed by atoms with E-state index >= 15 is 0 Å². The van der Waals surface area contributed by atoms with Crippen LogP contribution in [0.25, 0.3) is 0 Å². The third kappa shape index (κ3) is 7.65. The number of hydrogen-bond donors (Lipinski definition) is 2. The fraction of sp³-hybridized carbons (Fsp3) is 0.526. The van der Waals surface area contributed by atoms with Gasteiger partial charge in [0, 0.05) is 33.1 Å². The number of rotatable bonds is 8. The van der Waals surface area contributed by atoms with E-state index in [0.717, 1.165) is 18.3 Å². The minimum absolute atomic E-state index is 0. The Labute approximate surface area is 191 Å². The minimum Gasteiger partial charge on any atom is -0.491 e. The van der Waals surface area contributed by atoms with Crippen molar-refractivity contribution in [1.82, 2.24) is 25.4 Å². The van der Waals surface area contributed by atoms with Gasteiger partial charge in [0.15, 0.2) is 5.96 Å². The molecule has 0 unspecified atom stereocenters. The average molecular weight is 540 g/mol. The third-order valence-corrected chi connectivity index (χ3v) is 4.09. The summed E-state index contributed by atoms with van der Waals surface area (Å²) in [5.41, 5.74) is -0.612. The van der Waals surface area contributed by atoms with Crippen molar-refractivity contribution in [2.75, 3.05) is 13.6 Å². The number of benzene rings is 1. The molecule has 1 aromatic heterocycles. The van der Waals surface area contributed by atoms with Gasteiger partial charge in [0.25, 0.3) is 0 Å². The molecule has 0 aliphatic rings. The monoisotopic (exact) mass is 540 g/mol. The quantitative estimate of drug-likeness (QED) is 0.304. The summed E-state index contributed by atoms with van der Waals surface area (Å²) in [5, 5.41) is 13.9. The standard InChI is InChI=1S/C19H27F3N6O.HI/c1-5-17-27-26-12-28(17)9-8-24-18(23-4)25-11-14-6-7-15(29-13(2)3)10-16(14)19(20,21)22;/h6-7,10,12-13H,5,8-9,11H2,1-4H3,(H2,23,24,25);1H. The minimum atomic E-state index is -4.48. The van der Waals surface area contributed by atoms with Crippen molar-refractivity contribution in [2.24, 2.45) is 4.99 Å². The molecular formula is C19H28F3IN6O. The van der Waals surface area contributed by atoms with Crippen LogP contribution in [0.1, 0.15) is 37.7 Å². The number of hydrogen-bond acceptors (Lipinski definition) is 4. The maximum absolute atomic E-state index is 13.5. The number of halogens is 4. The van der Waals surface area contributed by atoms with Crippen LogP contribution in [0.15, 0.2) is 29.5 Å². The zero-order chi connectivity index (χ0) is 21.4. The third-order valence-electron chi connectivity index (χ3n) is 4.09. The Morgan fingerprint density at radius 2 is 2.00 bits per heavy atom. The number of alkyl halides is 3. The fourth-order valence-corrected chi connectivity index (χ4v) is 2.75. The molecule has 11 heteroatoms. The maximum atomic E-state index is 13.5. The van der Waals surface area contributed by atoms with Crippen molar-refractivity contribution >= 4 is 29.9 Å². The summed E-state index contributed by atoms with van der Waals surface area (Å²) in [5.74, 6) is 1.47. The molecule has 168 valence electrons. The average Bonchev–Trinajstić information content (AvgIpc) is 3.11. The number of nitrogens with one attached hydrogen (secondary N) is 2. The first-order chi connectivity index (χ1) is 13.7. The highest BCUT2D eigenvalue weighted by Crippen LogP contribution is 2.34. The molecule has 7 nitrogen and oxygen atoms in total. The van der Waals surface area contributed by atoms with Crippen LogP contribution in [0.3, 0.4) is 0 Å². The molecule has 30 heavy (non-hydrogen) atoms. The fourth-order valence-electron chi connectivity index (χ4n) is 2.75. The van der Waals surface area contributed by atoms with Gasteiger partial charge in [-0.1, -0.05) is 13.0 Å². The second-order valence-corrected chi connectivity index (χ2v) is 6.63. The molecule has 0 radical (unpaired) electrons. The van der Waals surface area contributed by atoms with E-state index in [1.807, 2.05) is 11.5 Å². The van der Waals surface area contributed by atoms with Crippen LogP contribution in [-0.2, 0) is 25.7 Å². The summed E-state index contributed by atoms with van der Waals surface area (Å²) >= 11 is 0. The largest absolute Gasteiger partial charge is 0.491 e. The lowest BCUT2D eigenvalue weighted by Crippen LogP contribution is -2.38. The van der Waals surface area contributed by atoms with Crippen molar-refractivity contribution < 1.29 is 17.9 Å². The van der Waals surface area contributed by atoms with Gasteiger partial charge >= 0.3 is 6.18 Å². The van der Waals surface area contributed by atoms with Crippen molar-refractivity contribution in [2.45, 2.75) is 52.6 Å². The lowest BCUT2D eigenvalue weighted by Gasteiger charge is -2.18. The second-order valence-electron chi connectivity index (χ2n) is 6.63. The van der Waals surface area contributed by atoms with Gasteiger partial charge in [0.05, 0.1) is 11.7 Å². The number of nitrogens with zero attached hydrogens (tertiary/aromatic N) is 4. The summed E-state index contributed by atoms with van der Waals surface area (Å²) in [6, 6.07) is 4.00. The molecule has 0 bridgehead atoms. The van der Waals surface area contributed by atoms with E-state index in [9.17, 15) is 13.2 Å². The molecule has 0 spiro atoms. The highest BCUT2D eigenvalue weighted by Gasteiger charge is 2.33. The highest BCUT2D eigenvalue weighted by molar-refractivity contribution is 14.0. The van der Waals surface area contributed by atoms with Gasteiger partial charge in [-0.3, -0.25) is 4.99 Å². The van der Waals surface area contributed by atoms with E-state index in [2.05, 4.69) is 25.8 Å². The van der Waals surface area contributed by atoms with E-state index in [1.165, 1.54) is 6.07 Å². The van der Waals surface area contributed by atoms with Crippen LogP contribution >= 0.6 is 24.0 Å². The predicted octanol–water partition coefficient (Wildman–Crippen LogP) is 3.63. The van der Waals surface area contributed by atoms with Crippen LogP contribution in [0, 0.1) is 0 Å². The Balaban J connectivity index is 0.00000450. The van der Waals surface area contributed by atoms with Gasteiger partial charge in [-0.15, -0.1) is 34.2 Å². The summed E-state index contributed by atoms with van der Waals surface area (Å²) < 4.78 is 47.7. The first kappa shape index (κ1) is 26.0. The predicted molar refractivity (Wildman–Crippen MR) is 120 cm³/mol. The summed E-state index contributed by atoms with van der Waals surface area (Å²) in [7, 11) is 1.57. The lowest BCUT2D eigenvalue weighted by atomic mass is 10.1. The second kappa shape index (κ2) is 12.0. The summed E-state index contributed by atoms with van der Waals surface area (Å²) in [4.78, 5) is 4.06. The Morgan fingerprint density at radius 1 is 1.27 bits per heavy atom. The topological polar surface area (TPSA) is 76.4 Å². The normalized spacial score (nSPS) is 11.9. The van der Waals surface area contributed by atoms with E-state index in [0.29, 0.717) is 19.0 Å². The summed E-state index contributed by atoms with van der Waals surface area (Å²) in [6.07, 6.45) is -2.27. The molecule has 1 heterocycles. The van der Waals surface area contributed by atoms with E-state index in [-0.39, 0.29) is 47.9 Å². The smallest absolute Gasteiger partial charge is 0.416 e. The Morgan fingerprint density at radius 3 is 2.60 bits per heavy atom. The highest BCUT2D eigenvalue weighted by atomic mass is 127. The van der Waals surface area contributed by atoms with Gasteiger partial charge in [-0.25, -0.2) is 0 Å². The molecule has 2 N–H and O–H groups in total. The van der Waals surface area contributed by atoms with Gasteiger partial charge in [-0.05, 0) is 31.5 Å². The molecule has 1 aromatic carbocycles. The van der Waals surface area contributed by atoms with Gasteiger partial charge < -0.3 is 19.9 Å². The van der Waals surface area contributed by atoms with Crippen LogP contribution in [-0.4, -0.2) is 40.4 Å². The molecular weight excluding hydrogens is 512 g/mol. The molecule has 2 rings (SSSR count). The van der Waals surface area contributed by atoms with Gasteiger partial charge in [-0.2, -0.15) is 13.2 Å². The SMILES string of the molecule is CCc1nncn1CCNC(=NC)NCc1ccc(OC(C)C)cc1C(F)(F)F.I. The zero-order valence-corrected chi connectivity index (χ0v) is 19.8. The van der Waals surface area contributed by atoms with E-state index in [4.69, 9.17) is 4.74 Å². The first-order valence-electron chi connectivity index (χ1n) is 9.42. The Bertz CT molecular complexity index is 823. The van der Waals surface area contributed by atoms with Crippen molar-refractivity contribution in [1.29, 1.82) is 0 Å². The number of guanidine groups is 1. The van der Waals surface area contributed by atoms with Gasteiger partial charge in [0.2, 0.25) is 0 Å². The van der Waals surface area contributed by atoms with Crippen LogP contribution in [0.2, 0.25) is 0 Å². The molecule has 0 saturated heterocycles. The molecule has 0 fully saturated rings. The molecule has 0 amide bonds. The molecule has 0 aliphatic heterocycles. The molecule has 2 aromatic rings. The number of aryl methyl sites for hydroxylation is 1. The Kier molecular flexibility index (Phi) is 10.4. The van der Waals surface area contributed by atoms with Crippen molar-refractivity contribution in [3.05, 3.63) is 41.5 Å². The Hall–Kier alpha value is -2.05. The lowest BCUT2D eigenvalue weighted by molar-refractivity contribution is -0.138. The molecule has 0 aliphatic carbocycles. The first-order valence-corrected chi connectivity index (χ1v) is 9.42. The number of ether oxygens (including phenoxy) is 1. The van der Waals surface area contributed by atoms with Gasteiger partial charge in [0.1, 0.15) is 17.9 Å². The van der Waals surface area contributed by atoms with Crippen LogP contribution in [0.5, 0.6) is 5.75 Å². The van der Waals surface area contributed by atoms with Crippen LogP contribution < -0.4 is 15.4 Å². The maximum Gasteiger partial charge on any atom is 0.416 e. The zero-order valence-electron chi connectivity index (χ0n) is 17.5. The van der Waals surface area contributed by atoms with E-state index in [1.54, 1.807) is 33.3 Å². The molecule has 0 atom stereocenters.